The predicted molar refractivity (Wildman–Crippen MR) is 45.5 cm³/mol. The van der Waals surface area contributed by atoms with Crippen LogP contribution in [-0.4, -0.2) is 14.7 Å². The third-order valence-electron chi connectivity index (χ3n) is 2.41. The summed E-state index contributed by atoms with van der Waals surface area (Å²) in [5.74, 6) is 1.54. The lowest BCUT2D eigenvalue weighted by atomic mass is 10.2. The van der Waals surface area contributed by atoms with Gasteiger partial charge in [-0.15, -0.1) is 0 Å². The van der Waals surface area contributed by atoms with Crippen molar-refractivity contribution in [3.63, 3.8) is 0 Å². The standard InChI is InChI=1S/C9H14N2O/c1-11-5-4-10-9(11)8(12)6-7-2-3-7/h4-5,7-8,12H,2-3,6H2,1H3. The smallest absolute Gasteiger partial charge is 0.137 e. The van der Waals surface area contributed by atoms with Gasteiger partial charge in [-0.05, 0) is 12.3 Å². The topological polar surface area (TPSA) is 38.0 Å². The van der Waals surface area contributed by atoms with Crippen LogP contribution in [0, 0.1) is 5.92 Å². The lowest BCUT2D eigenvalue weighted by molar-refractivity contribution is 0.147. The fraction of sp³-hybridized carbons (Fsp3) is 0.667. The van der Waals surface area contributed by atoms with Crippen LogP contribution < -0.4 is 0 Å². The fourth-order valence-electron chi connectivity index (χ4n) is 1.47. The lowest BCUT2D eigenvalue weighted by Gasteiger charge is -2.08. The summed E-state index contributed by atoms with van der Waals surface area (Å²) in [7, 11) is 1.92. The van der Waals surface area contributed by atoms with E-state index in [-0.39, 0.29) is 6.10 Å². The molecule has 1 heterocycles. The van der Waals surface area contributed by atoms with Crippen LogP contribution in [-0.2, 0) is 7.05 Å². The molecular formula is C9H14N2O. The van der Waals surface area contributed by atoms with Gasteiger partial charge in [0, 0.05) is 19.4 Å². The average molecular weight is 166 g/mol. The second-order valence-electron chi connectivity index (χ2n) is 3.59. The minimum Gasteiger partial charge on any atom is -0.385 e. The molecule has 0 amide bonds. The summed E-state index contributed by atoms with van der Waals surface area (Å²) in [5.41, 5.74) is 0. The first kappa shape index (κ1) is 7.80. The van der Waals surface area contributed by atoms with E-state index >= 15 is 0 Å². The molecule has 1 atom stereocenters. The first-order valence-electron chi connectivity index (χ1n) is 4.42. The number of aliphatic hydroxyl groups excluding tert-OH is 1. The minimum atomic E-state index is -0.363. The molecule has 1 fully saturated rings. The molecule has 3 nitrogen and oxygen atoms in total. The van der Waals surface area contributed by atoms with E-state index in [0.717, 1.165) is 18.2 Å². The highest BCUT2D eigenvalue weighted by atomic mass is 16.3. The van der Waals surface area contributed by atoms with E-state index < -0.39 is 0 Å². The van der Waals surface area contributed by atoms with Gasteiger partial charge in [-0.3, -0.25) is 0 Å². The monoisotopic (exact) mass is 166 g/mol. The van der Waals surface area contributed by atoms with Crippen molar-refractivity contribution in [3.8, 4) is 0 Å². The van der Waals surface area contributed by atoms with Gasteiger partial charge in [0.25, 0.3) is 0 Å². The van der Waals surface area contributed by atoms with Crippen molar-refractivity contribution >= 4 is 0 Å². The maximum Gasteiger partial charge on any atom is 0.137 e. The molecule has 1 aliphatic rings. The van der Waals surface area contributed by atoms with Crippen molar-refractivity contribution in [3.05, 3.63) is 18.2 Å². The van der Waals surface area contributed by atoms with Gasteiger partial charge in [0.05, 0.1) is 0 Å². The molecule has 12 heavy (non-hydrogen) atoms. The zero-order chi connectivity index (χ0) is 8.55. The first-order valence-corrected chi connectivity index (χ1v) is 4.42. The molecule has 1 aromatic heterocycles. The zero-order valence-electron chi connectivity index (χ0n) is 7.27. The van der Waals surface area contributed by atoms with Crippen LogP contribution in [0.3, 0.4) is 0 Å². The molecule has 0 radical (unpaired) electrons. The number of aromatic nitrogens is 2. The van der Waals surface area contributed by atoms with E-state index in [4.69, 9.17) is 0 Å². The van der Waals surface area contributed by atoms with E-state index in [1.54, 1.807) is 6.20 Å². The summed E-state index contributed by atoms with van der Waals surface area (Å²) in [4.78, 5) is 4.11. The number of hydrogen-bond donors (Lipinski definition) is 1. The molecule has 1 aromatic rings. The highest BCUT2D eigenvalue weighted by molar-refractivity contribution is 4.96. The molecule has 1 unspecified atom stereocenters. The van der Waals surface area contributed by atoms with Crippen LogP contribution >= 0.6 is 0 Å². The molecule has 1 aliphatic carbocycles. The fourth-order valence-corrected chi connectivity index (χ4v) is 1.47. The van der Waals surface area contributed by atoms with E-state index in [1.807, 2.05) is 17.8 Å². The number of rotatable bonds is 3. The van der Waals surface area contributed by atoms with Crippen LogP contribution in [0.15, 0.2) is 12.4 Å². The summed E-state index contributed by atoms with van der Waals surface area (Å²) in [5, 5.41) is 9.72. The van der Waals surface area contributed by atoms with Gasteiger partial charge in [-0.1, -0.05) is 12.8 Å². The third kappa shape index (κ3) is 1.50. The van der Waals surface area contributed by atoms with Gasteiger partial charge in [0.15, 0.2) is 0 Å². The van der Waals surface area contributed by atoms with Crippen molar-refractivity contribution in [2.24, 2.45) is 13.0 Å². The Balaban J connectivity index is 2.02. The van der Waals surface area contributed by atoms with Crippen LogP contribution in [0.25, 0.3) is 0 Å². The van der Waals surface area contributed by atoms with Gasteiger partial charge in [-0.2, -0.15) is 0 Å². The molecule has 0 spiro atoms. The molecule has 0 bridgehead atoms. The Morgan fingerprint density at radius 2 is 2.50 bits per heavy atom. The van der Waals surface area contributed by atoms with Crippen molar-refractivity contribution in [2.45, 2.75) is 25.4 Å². The van der Waals surface area contributed by atoms with E-state index in [2.05, 4.69) is 4.98 Å². The molecule has 3 heteroatoms. The summed E-state index contributed by atoms with van der Waals surface area (Å²) >= 11 is 0. The Labute approximate surface area is 72.0 Å². The number of nitrogens with zero attached hydrogens (tertiary/aromatic N) is 2. The van der Waals surface area contributed by atoms with Crippen molar-refractivity contribution < 1.29 is 5.11 Å². The summed E-state index contributed by atoms with van der Waals surface area (Å²) in [6.45, 7) is 0. The summed E-state index contributed by atoms with van der Waals surface area (Å²) in [6.07, 6.45) is 6.67. The van der Waals surface area contributed by atoms with Crippen molar-refractivity contribution in [2.75, 3.05) is 0 Å². The van der Waals surface area contributed by atoms with E-state index in [0.29, 0.717) is 0 Å². The predicted octanol–water partition coefficient (Wildman–Crippen LogP) is 1.25. The Morgan fingerprint density at radius 3 is 3.00 bits per heavy atom. The summed E-state index contributed by atoms with van der Waals surface area (Å²) in [6, 6.07) is 0. The van der Waals surface area contributed by atoms with Gasteiger partial charge in [0.2, 0.25) is 0 Å². The second-order valence-corrected chi connectivity index (χ2v) is 3.59. The number of aryl methyl sites for hydroxylation is 1. The van der Waals surface area contributed by atoms with Gasteiger partial charge >= 0.3 is 0 Å². The molecule has 1 N–H and O–H groups in total. The molecule has 0 aromatic carbocycles. The largest absolute Gasteiger partial charge is 0.385 e. The maximum atomic E-state index is 9.72. The van der Waals surface area contributed by atoms with Crippen LogP contribution in [0.4, 0.5) is 0 Å². The second kappa shape index (κ2) is 2.90. The number of imidazole rings is 1. The summed E-state index contributed by atoms with van der Waals surface area (Å²) < 4.78 is 1.88. The lowest BCUT2D eigenvalue weighted by Crippen LogP contribution is -2.05. The van der Waals surface area contributed by atoms with Crippen LogP contribution in [0.1, 0.15) is 31.2 Å². The zero-order valence-corrected chi connectivity index (χ0v) is 7.27. The molecule has 0 aliphatic heterocycles. The minimum absolute atomic E-state index is 0.363. The molecular weight excluding hydrogens is 152 g/mol. The molecule has 2 rings (SSSR count). The third-order valence-corrected chi connectivity index (χ3v) is 2.41. The average Bonchev–Trinajstić information content (AvgIpc) is 2.72. The van der Waals surface area contributed by atoms with Crippen molar-refractivity contribution in [1.29, 1.82) is 0 Å². The van der Waals surface area contributed by atoms with Gasteiger partial charge < -0.3 is 9.67 Å². The number of aliphatic hydroxyl groups is 1. The van der Waals surface area contributed by atoms with E-state index in [1.165, 1.54) is 12.8 Å². The Hall–Kier alpha value is -0.830. The molecule has 0 saturated heterocycles. The first-order chi connectivity index (χ1) is 5.77. The number of hydrogen-bond acceptors (Lipinski definition) is 2. The Kier molecular flexibility index (Phi) is 1.89. The van der Waals surface area contributed by atoms with Crippen molar-refractivity contribution in [1.82, 2.24) is 9.55 Å². The Morgan fingerprint density at radius 1 is 1.75 bits per heavy atom. The normalized spacial score (nSPS) is 19.5. The highest BCUT2D eigenvalue weighted by Gasteiger charge is 2.26. The highest BCUT2D eigenvalue weighted by Crippen LogP contribution is 2.36. The van der Waals surface area contributed by atoms with Crippen LogP contribution in [0.5, 0.6) is 0 Å². The quantitative estimate of drug-likeness (QED) is 0.734. The molecule has 1 saturated carbocycles. The van der Waals surface area contributed by atoms with E-state index in [9.17, 15) is 5.11 Å². The maximum absolute atomic E-state index is 9.72. The molecule has 66 valence electrons. The van der Waals surface area contributed by atoms with Gasteiger partial charge in [0.1, 0.15) is 11.9 Å². The Bertz CT molecular complexity index is 265. The van der Waals surface area contributed by atoms with Crippen LogP contribution in [0.2, 0.25) is 0 Å². The SMILES string of the molecule is Cn1ccnc1C(O)CC1CC1. The van der Waals surface area contributed by atoms with Gasteiger partial charge in [-0.25, -0.2) is 4.98 Å².